The van der Waals surface area contributed by atoms with Crippen LogP contribution in [0.1, 0.15) is 33.3 Å². The summed E-state index contributed by atoms with van der Waals surface area (Å²) in [6.07, 6.45) is 3.63. The van der Waals surface area contributed by atoms with Crippen LogP contribution >= 0.6 is 0 Å². The van der Waals surface area contributed by atoms with Crippen LogP contribution in [0.4, 0.5) is 0 Å². The van der Waals surface area contributed by atoms with Gasteiger partial charge >= 0.3 is 0 Å². The minimum absolute atomic E-state index is 0.129. The maximum absolute atomic E-state index is 5.76. The van der Waals surface area contributed by atoms with Gasteiger partial charge in [-0.2, -0.15) is 5.10 Å². The van der Waals surface area contributed by atoms with E-state index in [0.29, 0.717) is 0 Å². The summed E-state index contributed by atoms with van der Waals surface area (Å²) in [6, 6.07) is 8.14. The fourth-order valence-corrected chi connectivity index (χ4v) is 1.75. The van der Waals surface area contributed by atoms with Crippen molar-refractivity contribution in [3.8, 4) is 11.5 Å². The second-order valence-electron chi connectivity index (χ2n) is 5.88. The first-order valence-corrected chi connectivity index (χ1v) is 7.00. The third kappa shape index (κ3) is 4.38. The van der Waals surface area contributed by atoms with Crippen molar-refractivity contribution in [2.24, 2.45) is 0 Å². The SMILES string of the molecule is CCn1cc(Oc2ccc(CNC(C)(C)C)cc2)cn1. The van der Waals surface area contributed by atoms with Crippen LogP contribution < -0.4 is 10.1 Å². The Morgan fingerprint density at radius 1 is 1.15 bits per heavy atom. The second-order valence-corrected chi connectivity index (χ2v) is 5.88. The predicted molar refractivity (Wildman–Crippen MR) is 81.0 cm³/mol. The van der Waals surface area contributed by atoms with E-state index in [1.165, 1.54) is 5.56 Å². The fourth-order valence-electron chi connectivity index (χ4n) is 1.75. The molecule has 0 aliphatic heterocycles. The molecule has 1 aromatic heterocycles. The van der Waals surface area contributed by atoms with Crippen LogP contribution in [-0.4, -0.2) is 15.3 Å². The fraction of sp³-hybridized carbons (Fsp3) is 0.438. The molecule has 1 aromatic carbocycles. The summed E-state index contributed by atoms with van der Waals surface area (Å²) in [6.45, 7) is 10.2. The van der Waals surface area contributed by atoms with Gasteiger partial charge in [-0.25, -0.2) is 0 Å². The molecule has 0 aliphatic rings. The van der Waals surface area contributed by atoms with Gasteiger partial charge in [-0.05, 0) is 45.4 Å². The molecule has 108 valence electrons. The maximum Gasteiger partial charge on any atom is 0.165 e. The molecule has 0 spiro atoms. The number of benzene rings is 1. The number of rotatable bonds is 5. The lowest BCUT2D eigenvalue weighted by Crippen LogP contribution is -2.34. The Hall–Kier alpha value is -1.81. The molecule has 2 rings (SSSR count). The molecule has 0 atom stereocenters. The second kappa shape index (κ2) is 6.09. The lowest BCUT2D eigenvalue weighted by molar-refractivity contribution is 0.424. The van der Waals surface area contributed by atoms with Crippen molar-refractivity contribution in [1.82, 2.24) is 15.1 Å². The van der Waals surface area contributed by atoms with E-state index in [4.69, 9.17) is 4.74 Å². The molecule has 0 fully saturated rings. The smallest absolute Gasteiger partial charge is 0.165 e. The van der Waals surface area contributed by atoms with Crippen molar-refractivity contribution in [2.45, 2.75) is 46.3 Å². The molecule has 20 heavy (non-hydrogen) atoms. The summed E-state index contributed by atoms with van der Waals surface area (Å²) in [7, 11) is 0. The first-order chi connectivity index (χ1) is 9.46. The summed E-state index contributed by atoms with van der Waals surface area (Å²) in [4.78, 5) is 0. The summed E-state index contributed by atoms with van der Waals surface area (Å²) < 4.78 is 7.60. The summed E-state index contributed by atoms with van der Waals surface area (Å²) in [5.74, 6) is 1.60. The number of hydrogen-bond donors (Lipinski definition) is 1. The molecule has 0 saturated carbocycles. The van der Waals surface area contributed by atoms with Gasteiger partial charge < -0.3 is 10.1 Å². The van der Waals surface area contributed by atoms with Gasteiger partial charge in [-0.1, -0.05) is 12.1 Å². The van der Waals surface area contributed by atoms with Gasteiger partial charge in [0.25, 0.3) is 0 Å². The largest absolute Gasteiger partial charge is 0.454 e. The predicted octanol–water partition coefficient (Wildman–Crippen LogP) is 3.58. The van der Waals surface area contributed by atoms with Gasteiger partial charge in [0, 0.05) is 18.6 Å². The van der Waals surface area contributed by atoms with Crippen LogP contribution in [0.15, 0.2) is 36.7 Å². The molecule has 4 heteroatoms. The first-order valence-electron chi connectivity index (χ1n) is 7.00. The van der Waals surface area contributed by atoms with E-state index in [0.717, 1.165) is 24.6 Å². The molecule has 1 N–H and O–H groups in total. The van der Waals surface area contributed by atoms with Gasteiger partial charge in [-0.15, -0.1) is 0 Å². The van der Waals surface area contributed by atoms with Crippen LogP contribution in [-0.2, 0) is 13.1 Å². The Morgan fingerprint density at radius 2 is 1.85 bits per heavy atom. The molecule has 2 aromatic rings. The highest BCUT2D eigenvalue weighted by atomic mass is 16.5. The zero-order valence-corrected chi connectivity index (χ0v) is 12.7. The molecule has 0 aliphatic carbocycles. The van der Waals surface area contributed by atoms with E-state index >= 15 is 0 Å². The van der Waals surface area contributed by atoms with Crippen molar-refractivity contribution >= 4 is 0 Å². The maximum atomic E-state index is 5.76. The third-order valence-corrected chi connectivity index (χ3v) is 2.92. The molecule has 4 nitrogen and oxygen atoms in total. The highest BCUT2D eigenvalue weighted by molar-refractivity contribution is 5.31. The number of nitrogens with zero attached hydrogens (tertiary/aromatic N) is 2. The number of hydrogen-bond acceptors (Lipinski definition) is 3. The molecular weight excluding hydrogens is 250 g/mol. The van der Waals surface area contributed by atoms with Gasteiger partial charge in [-0.3, -0.25) is 4.68 Å². The number of aromatic nitrogens is 2. The zero-order chi connectivity index (χ0) is 14.6. The highest BCUT2D eigenvalue weighted by Gasteiger charge is 2.08. The third-order valence-electron chi connectivity index (χ3n) is 2.92. The Kier molecular flexibility index (Phi) is 4.45. The first kappa shape index (κ1) is 14.6. The highest BCUT2D eigenvalue weighted by Crippen LogP contribution is 2.21. The van der Waals surface area contributed by atoms with E-state index in [1.54, 1.807) is 6.20 Å². The molecular formula is C16H23N3O. The molecule has 0 saturated heterocycles. The molecule has 0 bridgehead atoms. The van der Waals surface area contributed by atoms with Gasteiger partial charge in [0.15, 0.2) is 5.75 Å². The number of ether oxygens (including phenoxy) is 1. The topological polar surface area (TPSA) is 39.1 Å². The normalized spacial score (nSPS) is 11.6. The lowest BCUT2D eigenvalue weighted by atomic mass is 10.1. The molecule has 1 heterocycles. The number of nitrogens with one attached hydrogen (secondary N) is 1. The Balaban J connectivity index is 1.94. The Morgan fingerprint density at radius 3 is 2.40 bits per heavy atom. The van der Waals surface area contributed by atoms with Crippen molar-refractivity contribution in [1.29, 1.82) is 0 Å². The van der Waals surface area contributed by atoms with E-state index in [2.05, 4.69) is 43.3 Å². The molecule has 0 unspecified atom stereocenters. The molecule has 0 amide bonds. The Labute approximate surface area is 120 Å². The van der Waals surface area contributed by atoms with Gasteiger partial charge in [0.2, 0.25) is 0 Å². The van der Waals surface area contributed by atoms with Gasteiger partial charge in [0.1, 0.15) is 5.75 Å². The van der Waals surface area contributed by atoms with E-state index < -0.39 is 0 Å². The van der Waals surface area contributed by atoms with E-state index in [-0.39, 0.29) is 5.54 Å². The van der Waals surface area contributed by atoms with Crippen LogP contribution in [0.25, 0.3) is 0 Å². The summed E-state index contributed by atoms with van der Waals surface area (Å²) in [5, 5.41) is 7.65. The summed E-state index contributed by atoms with van der Waals surface area (Å²) >= 11 is 0. The minimum atomic E-state index is 0.129. The van der Waals surface area contributed by atoms with Crippen molar-refractivity contribution in [3.05, 3.63) is 42.2 Å². The zero-order valence-electron chi connectivity index (χ0n) is 12.7. The standard InChI is InChI=1S/C16H23N3O/c1-5-19-12-15(11-18-19)20-14-8-6-13(7-9-14)10-17-16(2,3)4/h6-9,11-12,17H,5,10H2,1-4H3. The van der Waals surface area contributed by atoms with Crippen molar-refractivity contribution < 1.29 is 4.74 Å². The minimum Gasteiger partial charge on any atom is -0.454 e. The molecule has 0 radical (unpaired) electrons. The van der Waals surface area contributed by atoms with E-state index in [9.17, 15) is 0 Å². The monoisotopic (exact) mass is 273 g/mol. The van der Waals surface area contributed by atoms with Crippen molar-refractivity contribution in [3.63, 3.8) is 0 Å². The van der Waals surface area contributed by atoms with Crippen LogP contribution in [0, 0.1) is 0 Å². The van der Waals surface area contributed by atoms with Crippen molar-refractivity contribution in [2.75, 3.05) is 0 Å². The average Bonchev–Trinajstić information content (AvgIpc) is 2.85. The van der Waals surface area contributed by atoms with E-state index in [1.807, 2.05) is 29.9 Å². The quantitative estimate of drug-likeness (QED) is 0.905. The Bertz CT molecular complexity index is 538. The van der Waals surface area contributed by atoms with Gasteiger partial charge in [0.05, 0.1) is 12.4 Å². The van der Waals surface area contributed by atoms with Crippen LogP contribution in [0.3, 0.4) is 0 Å². The van der Waals surface area contributed by atoms with Crippen LogP contribution in [0.2, 0.25) is 0 Å². The summed E-state index contributed by atoms with van der Waals surface area (Å²) in [5.41, 5.74) is 1.38. The average molecular weight is 273 g/mol. The lowest BCUT2D eigenvalue weighted by Gasteiger charge is -2.20. The van der Waals surface area contributed by atoms with Crippen LogP contribution in [0.5, 0.6) is 11.5 Å². The number of aryl methyl sites for hydroxylation is 1.